The molecule has 1 fully saturated rings. The van der Waals surface area contributed by atoms with Gasteiger partial charge in [-0.1, -0.05) is 0 Å². The van der Waals surface area contributed by atoms with Gasteiger partial charge in [-0.25, -0.2) is 22.8 Å². The number of benzene rings is 1. The standard InChI is InChI=1S/C26H25F4N7O3S/c1-3-37-23-15(10-18(24(37)38)17-12-22(41(2,39)40)32-14-19(17)26(28,29)30)13-33-25(35-23)34-16-4-5-21(20(27)11-16)36-8-6-31-7-9-36/h4-5,10-14,31H,3,6-9H2,1-2H3,(H,33,34,35). The van der Waals surface area contributed by atoms with Gasteiger partial charge in [0.05, 0.1) is 11.3 Å². The Balaban J connectivity index is 1.56. The molecular weight excluding hydrogens is 566 g/mol. The average Bonchev–Trinajstić information content (AvgIpc) is 2.92. The number of hydrogen-bond donors (Lipinski definition) is 2. The fraction of sp³-hybridized carbons (Fsp3) is 0.308. The van der Waals surface area contributed by atoms with E-state index in [1.807, 2.05) is 4.90 Å². The van der Waals surface area contributed by atoms with Crippen molar-refractivity contribution in [2.24, 2.45) is 0 Å². The van der Waals surface area contributed by atoms with Gasteiger partial charge in [0.2, 0.25) is 5.95 Å². The zero-order valence-electron chi connectivity index (χ0n) is 22.0. The Kier molecular flexibility index (Phi) is 7.42. The van der Waals surface area contributed by atoms with Gasteiger partial charge < -0.3 is 15.5 Å². The minimum absolute atomic E-state index is 0.0407. The molecule has 0 unspecified atom stereocenters. The van der Waals surface area contributed by atoms with Crippen molar-refractivity contribution < 1.29 is 26.0 Å². The SMILES string of the molecule is CCn1c(=O)c(-c2cc(S(C)(=O)=O)ncc2C(F)(F)F)cc2cnc(Nc3ccc(N4CCNCC4)c(F)c3)nc21. The number of rotatable bonds is 6. The zero-order chi connectivity index (χ0) is 29.5. The number of piperazine rings is 1. The van der Waals surface area contributed by atoms with E-state index in [1.165, 1.54) is 18.3 Å². The highest BCUT2D eigenvalue weighted by molar-refractivity contribution is 7.90. The van der Waals surface area contributed by atoms with Gasteiger partial charge in [-0.15, -0.1) is 0 Å². The molecule has 216 valence electrons. The molecule has 2 N–H and O–H groups in total. The molecule has 1 aliphatic rings. The van der Waals surface area contributed by atoms with Gasteiger partial charge in [0.25, 0.3) is 5.56 Å². The van der Waals surface area contributed by atoms with Crippen molar-refractivity contribution >= 4 is 38.2 Å². The number of aromatic nitrogens is 4. The summed E-state index contributed by atoms with van der Waals surface area (Å²) >= 11 is 0. The minimum Gasteiger partial charge on any atom is -0.367 e. The number of anilines is 3. The molecule has 0 aliphatic carbocycles. The monoisotopic (exact) mass is 591 g/mol. The van der Waals surface area contributed by atoms with Crippen LogP contribution in [0.4, 0.5) is 34.9 Å². The molecule has 0 atom stereocenters. The predicted molar refractivity (Wildman–Crippen MR) is 146 cm³/mol. The third-order valence-corrected chi connectivity index (χ3v) is 7.64. The first-order valence-corrected chi connectivity index (χ1v) is 14.5. The third kappa shape index (κ3) is 5.72. The molecule has 0 spiro atoms. The van der Waals surface area contributed by atoms with E-state index in [-0.39, 0.29) is 29.1 Å². The molecule has 5 rings (SSSR count). The molecule has 4 aromatic rings. The molecule has 0 radical (unpaired) electrons. The Hall–Kier alpha value is -4.11. The second-order valence-corrected chi connectivity index (χ2v) is 11.4. The molecule has 4 heterocycles. The van der Waals surface area contributed by atoms with Crippen LogP contribution in [0, 0.1) is 5.82 Å². The smallest absolute Gasteiger partial charge is 0.367 e. The zero-order valence-corrected chi connectivity index (χ0v) is 22.8. The summed E-state index contributed by atoms with van der Waals surface area (Å²) < 4.78 is 81.6. The van der Waals surface area contributed by atoms with E-state index in [0.29, 0.717) is 30.7 Å². The van der Waals surface area contributed by atoms with Crippen LogP contribution in [0.2, 0.25) is 0 Å². The Bertz CT molecular complexity index is 1800. The summed E-state index contributed by atoms with van der Waals surface area (Å²) in [5.41, 5.74) is -2.11. The molecular formula is C26H25F4N7O3S. The summed E-state index contributed by atoms with van der Waals surface area (Å²) in [5.74, 6) is -0.389. The quantitative estimate of drug-likeness (QED) is 0.324. The van der Waals surface area contributed by atoms with Crippen molar-refractivity contribution in [2.45, 2.75) is 24.7 Å². The first-order chi connectivity index (χ1) is 19.4. The molecule has 3 aromatic heterocycles. The second kappa shape index (κ2) is 10.7. The van der Waals surface area contributed by atoms with Crippen LogP contribution in [0.5, 0.6) is 0 Å². The molecule has 1 aromatic carbocycles. The lowest BCUT2D eigenvalue weighted by molar-refractivity contribution is -0.137. The summed E-state index contributed by atoms with van der Waals surface area (Å²) in [7, 11) is -3.97. The van der Waals surface area contributed by atoms with Crippen LogP contribution < -0.4 is 21.1 Å². The number of pyridine rings is 2. The topological polar surface area (TPSA) is 122 Å². The highest BCUT2D eigenvalue weighted by Gasteiger charge is 2.36. The number of aryl methyl sites for hydroxylation is 1. The van der Waals surface area contributed by atoms with Crippen molar-refractivity contribution in [1.82, 2.24) is 24.8 Å². The minimum atomic E-state index is -4.91. The average molecular weight is 592 g/mol. The maximum Gasteiger partial charge on any atom is 0.418 e. The Labute approximate surface area is 232 Å². The van der Waals surface area contributed by atoms with Crippen molar-refractivity contribution in [3.05, 3.63) is 64.5 Å². The highest BCUT2D eigenvalue weighted by Crippen LogP contribution is 2.37. The highest BCUT2D eigenvalue weighted by atomic mass is 32.2. The number of nitrogens with zero attached hydrogens (tertiary/aromatic N) is 5. The number of sulfone groups is 1. The number of fused-ring (bicyclic) bond motifs is 1. The Morgan fingerprint density at radius 1 is 1.05 bits per heavy atom. The van der Waals surface area contributed by atoms with Gasteiger partial charge >= 0.3 is 6.18 Å². The normalized spacial score (nSPS) is 14.4. The van der Waals surface area contributed by atoms with Crippen LogP contribution in [0.15, 0.2) is 52.5 Å². The summed E-state index contributed by atoms with van der Waals surface area (Å²) in [4.78, 5) is 27.4. The van der Waals surface area contributed by atoms with Crippen LogP contribution in [0.25, 0.3) is 22.2 Å². The maximum absolute atomic E-state index is 14.9. The van der Waals surface area contributed by atoms with Crippen LogP contribution >= 0.6 is 0 Å². The van der Waals surface area contributed by atoms with Crippen molar-refractivity contribution in [3.8, 4) is 11.1 Å². The van der Waals surface area contributed by atoms with E-state index in [2.05, 4.69) is 25.6 Å². The summed E-state index contributed by atoms with van der Waals surface area (Å²) in [6, 6.07) is 6.56. The van der Waals surface area contributed by atoms with E-state index in [9.17, 15) is 30.8 Å². The third-order valence-electron chi connectivity index (χ3n) is 6.66. The largest absolute Gasteiger partial charge is 0.418 e. The molecule has 15 heteroatoms. The summed E-state index contributed by atoms with van der Waals surface area (Å²) in [5, 5.41) is 5.75. The fourth-order valence-electron chi connectivity index (χ4n) is 4.67. The molecule has 1 aliphatic heterocycles. The maximum atomic E-state index is 14.9. The van der Waals surface area contributed by atoms with Crippen LogP contribution in [-0.4, -0.2) is 60.4 Å². The van der Waals surface area contributed by atoms with Gasteiger partial charge in [0.1, 0.15) is 11.5 Å². The van der Waals surface area contributed by atoms with Gasteiger partial charge in [0, 0.05) is 73.6 Å². The van der Waals surface area contributed by atoms with E-state index < -0.39 is 43.5 Å². The van der Waals surface area contributed by atoms with Crippen molar-refractivity contribution in [1.29, 1.82) is 0 Å². The summed E-state index contributed by atoms with van der Waals surface area (Å²) in [6.45, 7) is 4.51. The number of alkyl halides is 3. The number of hydrogen-bond acceptors (Lipinski definition) is 9. The first kappa shape index (κ1) is 28.4. The van der Waals surface area contributed by atoms with Crippen LogP contribution in [0.1, 0.15) is 12.5 Å². The predicted octanol–water partition coefficient (Wildman–Crippen LogP) is 3.59. The Morgan fingerprint density at radius 3 is 2.41 bits per heavy atom. The Morgan fingerprint density at radius 2 is 1.78 bits per heavy atom. The second-order valence-electron chi connectivity index (χ2n) is 9.45. The lowest BCUT2D eigenvalue weighted by atomic mass is 10.0. The van der Waals surface area contributed by atoms with E-state index in [4.69, 9.17) is 0 Å². The van der Waals surface area contributed by atoms with Gasteiger partial charge in [-0.2, -0.15) is 18.2 Å². The van der Waals surface area contributed by atoms with E-state index >= 15 is 0 Å². The molecule has 0 saturated carbocycles. The molecule has 0 bridgehead atoms. The first-order valence-electron chi connectivity index (χ1n) is 12.6. The van der Waals surface area contributed by atoms with E-state index in [0.717, 1.165) is 30.0 Å². The molecule has 0 amide bonds. The lowest BCUT2D eigenvalue weighted by Crippen LogP contribution is -2.43. The van der Waals surface area contributed by atoms with Crippen molar-refractivity contribution in [2.75, 3.05) is 42.7 Å². The van der Waals surface area contributed by atoms with Gasteiger partial charge in [-0.05, 0) is 37.3 Å². The van der Waals surface area contributed by atoms with Crippen LogP contribution in [0.3, 0.4) is 0 Å². The van der Waals surface area contributed by atoms with Gasteiger partial charge in [-0.3, -0.25) is 9.36 Å². The molecule has 10 nitrogen and oxygen atoms in total. The van der Waals surface area contributed by atoms with Gasteiger partial charge in [0.15, 0.2) is 14.9 Å². The van der Waals surface area contributed by atoms with Crippen LogP contribution in [-0.2, 0) is 22.6 Å². The lowest BCUT2D eigenvalue weighted by Gasteiger charge is -2.29. The fourth-order valence-corrected chi connectivity index (χ4v) is 5.25. The summed E-state index contributed by atoms with van der Waals surface area (Å²) in [6.07, 6.45) is -2.38. The number of nitrogens with one attached hydrogen (secondary N) is 2. The molecule has 41 heavy (non-hydrogen) atoms. The molecule has 1 saturated heterocycles. The number of halogens is 4. The van der Waals surface area contributed by atoms with E-state index in [1.54, 1.807) is 19.1 Å². The van der Waals surface area contributed by atoms with Crippen molar-refractivity contribution in [3.63, 3.8) is 0 Å².